The molecule has 5 rings (SSSR count). The van der Waals surface area contributed by atoms with Crippen LogP contribution in [0.1, 0.15) is 19.3 Å². The minimum absolute atomic E-state index is 0.176. The molecule has 0 unspecified atom stereocenters. The molecule has 2 aliphatic heterocycles. The Balaban J connectivity index is 1.35. The van der Waals surface area contributed by atoms with E-state index in [0.29, 0.717) is 22.3 Å². The zero-order valence-corrected chi connectivity index (χ0v) is 19.0. The second-order valence-electron chi connectivity index (χ2n) is 7.64. The predicted molar refractivity (Wildman–Crippen MR) is 117 cm³/mol. The van der Waals surface area contributed by atoms with Crippen LogP contribution in [-0.4, -0.2) is 50.7 Å². The van der Waals surface area contributed by atoms with Gasteiger partial charge in [0.15, 0.2) is 27.8 Å². The second-order valence-corrected chi connectivity index (χ2v) is 9.52. The number of benzene rings is 1. The van der Waals surface area contributed by atoms with Gasteiger partial charge in [-0.05, 0) is 53.2 Å². The Bertz CT molecular complexity index is 1190. The van der Waals surface area contributed by atoms with Crippen LogP contribution in [0.2, 0.25) is 0 Å². The summed E-state index contributed by atoms with van der Waals surface area (Å²) in [5.41, 5.74) is 1.52. The van der Waals surface area contributed by atoms with Crippen LogP contribution in [0.5, 0.6) is 11.5 Å². The molecule has 0 saturated carbocycles. The molecule has 1 aromatic carbocycles. The summed E-state index contributed by atoms with van der Waals surface area (Å²) in [6.45, 7) is 2.65. The minimum atomic E-state index is 0.176. The minimum Gasteiger partial charge on any atom is -0.454 e. The van der Waals surface area contributed by atoms with Crippen molar-refractivity contribution in [1.82, 2.24) is 24.4 Å². The molecule has 11 heteroatoms. The van der Waals surface area contributed by atoms with Crippen LogP contribution in [0.15, 0.2) is 33.0 Å². The van der Waals surface area contributed by atoms with Crippen molar-refractivity contribution in [1.29, 1.82) is 5.41 Å². The first-order valence-corrected chi connectivity index (χ1v) is 11.7. The Hall–Kier alpha value is -2.53. The molecule has 4 heterocycles. The fourth-order valence-electron chi connectivity index (χ4n) is 3.92. The number of aryl methyl sites for hydroxylation is 1. The van der Waals surface area contributed by atoms with E-state index in [1.165, 1.54) is 11.8 Å². The van der Waals surface area contributed by atoms with Crippen molar-refractivity contribution in [2.75, 3.05) is 19.9 Å². The number of ether oxygens (including phenoxy) is 2. The Morgan fingerprint density at radius 1 is 1.29 bits per heavy atom. The summed E-state index contributed by atoms with van der Waals surface area (Å²) in [6, 6.07) is 3.81. The van der Waals surface area contributed by atoms with Crippen molar-refractivity contribution >= 4 is 45.3 Å². The van der Waals surface area contributed by atoms with Crippen molar-refractivity contribution in [2.45, 2.75) is 35.9 Å². The molecular formula is C20H21BrN6O3S. The molecule has 0 radical (unpaired) electrons. The standard InChI is InChI=1S/C20H21BrN6O3S/c21-13-7-14-15(30-11-29-14)8-16(13)31-20-24-17-18(22)23-9-27(19(17)25-20)6-3-12-1-4-26(10-28)5-2-12/h7-10,12,22H,1-6,11H2,(H,24,25). The number of amides is 1. The van der Waals surface area contributed by atoms with Crippen LogP contribution in [0.4, 0.5) is 0 Å². The maximum absolute atomic E-state index is 10.9. The lowest BCUT2D eigenvalue weighted by atomic mass is 9.94. The summed E-state index contributed by atoms with van der Waals surface area (Å²) < 4.78 is 13.8. The fourth-order valence-corrected chi connectivity index (χ4v) is 5.31. The van der Waals surface area contributed by atoms with E-state index >= 15 is 0 Å². The number of hydrogen-bond donors (Lipinski definition) is 2. The number of halogens is 1. The predicted octanol–water partition coefficient (Wildman–Crippen LogP) is 3.14. The molecule has 3 aromatic rings. The number of rotatable bonds is 6. The van der Waals surface area contributed by atoms with E-state index in [4.69, 9.17) is 19.9 Å². The number of aromatic amines is 1. The van der Waals surface area contributed by atoms with Crippen molar-refractivity contribution in [3.63, 3.8) is 0 Å². The number of nitrogens with zero attached hydrogens (tertiary/aromatic N) is 4. The molecule has 1 fully saturated rings. The third-order valence-corrected chi connectivity index (χ3v) is 7.57. The zero-order valence-electron chi connectivity index (χ0n) is 16.6. The number of nitrogens with one attached hydrogen (secondary N) is 2. The molecule has 1 saturated heterocycles. The number of likely N-dealkylation sites (tertiary alicyclic amines) is 1. The number of fused-ring (bicyclic) bond motifs is 2. The number of carbonyl (C=O) groups excluding carboxylic acids is 1. The smallest absolute Gasteiger partial charge is 0.231 e. The molecular weight excluding hydrogens is 484 g/mol. The molecule has 2 aromatic heterocycles. The van der Waals surface area contributed by atoms with Crippen LogP contribution in [0.25, 0.3) is 11.2 Å². The molecule has 0 bridgehead atoms. The van der Waals surface area contributed by atoms with E-state index in [2.05, 4.69) is 25.9 Å². The van der Waals surface area contributed by atoms with Gasteiger partial charge in [0, 0.05) is 29.0 Å². The molecule has 2 aliphatic rings. The van der Waals surface area contributed by atoms with Gasteiger partial charge in [0.05, 0.1) is 6.33 Å². The first-order valence-electron chi connectivity index (χ1n) is 10.1. The molecule has 31 heavy (non-hydrogen) atoms. The van der Waals surface area contributed by atoms with Gasteiger partial charge < -0.3 is 23.9 Å². The van der Waals surface area contributed by atoms with Gasteiger partial charge in [-0.3, -0.25) is 10.2 Å². The normalized spacial score (nSPS) is 16.2. The Morgan fingerprint density at radius 3 is 2.84 bits per heavy atom. The highest BCUT2D eigenvalue weighted by Crippen LogP contribution is 2.42. The largest absolute Gasteiger partial charge is 0.454 e. The van der Waals surface area contributed by atoms with E-state index in [0.717, 1.165) is 66.1 Å². The van der Waals surface area contributed by atoms with E-state index in [9.17, 15) is 4.79 Å². The lowest BCUT2D eigenvalue weighted by Gasteiger charge is -2.29. The van der Waals surface area contributed by atoms with E-state index in [1.54, 1.807) is 6.33 Å². The Labute approximate surface area is 190 Å². The van der Waals surface area contributed by atoms with E-state index in [1.807, 2.05) is 21.6 Å². The van der Waals surface area contributed by atoms with Gasteiger partial charge in [-0.15, -0.1) is 0 Å². The van der Waals surface area contributed by atoms with Gasteiger partial charge in [0.25, 0.3) is 0 Å². The number of hydrogen-bond acceptors (Lipinski definition) is 7. The highest BCUT2D eigenvalue weighted by Gasteiger charge is 2.20. The average molecular weight is 505 g/mol. The molecule has 0 spiro atoms. The number of imidazole rings is 1. The van der Waals surface area contributed by atoms with Gasteiger partial charge >= 0.3 is 0 Å². The van der Waals surface area contributed by atoms with Crippen LogP contribution in [-0.2, 0) is 11.3 Å². The summed E-state index contributed by atoms with van der Waals surface area (Å²) in [5, 5.41) is 8.86. The lowest BCUT2D eigenvalue weighted by Crippen LogP contribution is -2.32. The summed E-state index contributed by atoms with van der Waals surface area (Å²) in [7, 11) is 0. The van der Waals surface area contributed by atoms with Crippen LogP contribution in [0.3, 0.4) is 0 Å². The maximum Gasteiger partial charge on any atom is 0.231 e. The van der Waals surface area contributed by atoms with Crippen LogP contribution in [0, 0.1) is 11.3 Å². The average Bonchev–Trinajstić information content (AvgIpc) is 3.41. The summed E-state index contributed by atoms with van der Waals surface area (Å²) >= 11 is 5.04. The van der Waals surface area contributed by atoms with E-state index in [-0.39, 0.29) is 12.3 Å². The first kappa shape index (κ1) is 20.4. The van der Waals surface area contributed by atoms with Gasteiger partial charge in [-0.1, -0.05) is 11.8 Å². The van der Waals surface area contributed by atoms with Gasteiger partial charge in [-0.25, -0.2) is 9.97 Å². The molecule has 0 aliphatic carbocycles. The maximum atomic E-state index is 10.9. The summed E-state index contributed by atoms with van der Waals surface area (Å²) in [6.07, 6.45) is 5.66. The molecule has 162 valence electrons. The monoisotopic (exact) mass is 504 g/mol. The number of aromatic nitrogens is 4. The third-order valence-electron chi connectivity index (χ3n) is 5.71. The quantitative estimate of drug-likeness (QED) is 0.499. The van der Waals surface area contributed by atoms with Gasteiger partial charge in [0.1, 0.15) is 5.52 Å². The summed E-state index contributed by atoms with van der Waals surface area (Å²) in [5.74, 6) is 2.00. The second kappa shape index (κ2) is 8.54. The zero-order chi connectivity index (χ0) is 21.4. The molecule has 1 amide bonds. The highest BCUT2D eigenvalue weighted by molar-refractivity contribution is 9.10. The van der Waals surface area contributed by atoms with E-state index < -0.39 is 0 Å². The highest BCUT2D eigenvalue weighted by atomic mass is 79.9. The topological polar surface area (TPSA) is 109 Å². The third kappa shape index (κ3) is 4.16. The Kier molecular flexibility index (Phi) is 5.61. The lowest BCUT2D eigenvalue weighted by molar-refractivity contribution is -0.119. The molecule has 0 atom stereocenters. The van der Waals surface area contributed by atoms with Gasteiger partial charge in [0.2, 0.25) is 13.2 Å². The van der Waals surface area contributed by atoms with Crippen molar-refractivity contribution in [3.8, 4) is 11.5 Å². The number of H-pyrrole nitrogens is 1. The number of carbonyl (C=O) groups is 1. The first-order chi connectivity index (χ1) is 15.1. The fraction of sp³-hybridized carbons (Fsp3) is 0.400. The van der Waals surface area contributed by atoms with Crippen LogP contribution >= 0.6 is 27.7 Å². The molecule has 2 N–H and O–H groups in total. The number of piperidine rings is 1. The van der Waals surface area contributed by atoms with Crippen molar-refractivity contribution < 1.29 is 14.3 Å². The van der Waals surface area contributed by atoms with Gasteiger partial charge in [-0.2, -0.15) is 0 Å². The van der Waals surface area contributed by atoms with Crippen molar-refractivity contribution in [3.05, 3.63) is 28.4 Å². The SMILES string of the molecule is N=c1ncn(CCC2CCN(C=O)CC2)c2nc(Sc3cc4c(cc3Br)OCO4)[nH]c12. The summed E-state index contributed by atoms with van der Waals surface area (Å²) in [4.78, 5) is 25.9. The van der Waals surface area contributed by atoms with Crippen LogP contribution < -0.4 is 15.0 Å². The van der Waals surface area contributed by atoms with Crippen molar-refractivity contribution in [2.24, 2.45) is 5.92 Å². The molecule has 9 nitrogen and oxygen atoms in total. The Morgan fingerprint density at radius 2 is 2.06 bits per heavy atom.